The first-order valence-corrected chi connectivity index (χ1v) is 6.22. The fraction of sp³-hybridized carbons (Fsp3) is 0.125. The zero-order valence-corrected chi connectivity index (χ0v) is 11.2. The molecule has 3 nitrogen and oxygen atoms in total. The first-order chi connectivity index (χ1) is 9.26. The molecule has 0 saturated carbocycles. The highest BCUT2D eigenvalue weighted by atomic mass is 14.8. The number of hydrogen-bond donors (Lipinski definition) is 1. The molecule has 0 aliphatic heterocycles. The molecule has 2 N–H and O–H groups in total. The van der Waals surface area contributed by atoms with Crippen LogP contribution < -0.4 is 5.73 Å². The number of nitrogens with zero attached hydrogens (tertiary/aromatic N) is 2. The highest BCUT2D eigenvalue weighted by Crippen LogP contribution is 2.27. The molecule has 0 fully saturated rings. The summed E-state index contributed by atoms with van der Waals surface area (Å²) in [4.78, 5) is 8.59. The molecule has 96 valence electrons. The van der Waals surface area contributed by atoms with E-state index in [1.54, 1.807) is 12.4 Å². The summed E-state index contributed by atoms with van der Waals surface area (Å²) in [6.45, 7) is 3.95. The largest absolute Gasteiger partial charge is 0.383 e. The molecule has 0 aliphatic rings. The SMILES string of the molecule is C/C=C\c1cc(-c2cccnc2)c(N)nc1/C=C\C. The Labute approximate surface area is 113 Å². The minimum atomic E-state index is 0.523. The van der Waals surface area contributed by atoms with E-state index in [0.717, 1.165) is 22.4 Å². The molecular formula is C16H17N3. The molecule has 3 heteroatoms. The molecule has 0 aromatic carbocycles. The van der Waals surface area contributed by atoms with Crippen molar-refractivity contribution in [3.8, 4) is 11.1 Å². The van der Waals surface area contributed by atoms with Crippen LogP contribution in [0, 0.1) is 0 Å². The average Bonchev–Trinajstić information content (AvgIpc) is 2.43. The Morgan fingerprint density at radius 3 is 2.58 bits per heavy atom. The average molecular weight is 251 g/mol. The Kier molecular flexibility index (Phi) is 4.08. The molecule has 2 rings (SSSR count). The molecular weight excluding hydrogens is 234 g/mol. The van der Waals surface area contributed by atoms with Crippen LogP contribution in [-0.2, 0) is 0 Å². The lowest BCUT2D eigenvalue weighted by Crippen LogP contribution is -1.98. The first-order valence-electron chi connectivity index (χ1n) is 6.22. The van der Waals surface area contributed by atoms with Gasteiger partial charge in [0.2, 0.25) is 0 Å². The highest BCUT2D eigenvalue weighted by molar-refractivity contribution is 5.78. The zero-order chi connectivity index (χ0) is 13.7. The summed E-state index contributed by atoms with van der Waals surface area (Å²) >= 11 is 0. The van der Waals surface area contributed by atoms with Gasteiger partial charge in [0, 0.05) is 29.1 Å². The topological polar surface area (TPSA) is 51.8 Å². The van der Waals surface area contributed by atoms with Crippen molar-refractivity contribution >= 4 is 18.0 Å². The number of nitrogen functional groups attached to an aromatic ring is 1. The minimum absolute atomic E-state index is 0.523. The van der Waals surface area contributed by atoms with Crippen molar-refractivity contribution in [1.29, 1.82) is 0 Å². The van der Waals surface area contributed by atoms with Gasteiger partial charge >= 0.3 is 0 Å². The van der Waals surface area contributed by atoms with Crippen molar-refractivity contribution in [3.63, 3.8) is 0 Å². The van der Waals surface area contributed by atoms with Gasteiger partial charge in [0.15, 0.2) is 0 Å². The smallest absolute Gasteiger partial charge is 0.132 e. The number of aromatic nitrogens is 2. The fourth-order valence-corrected chi connectivity index (χ4v) is 1.92. The molecule has 0 atom stereocenters. The quantitative estimate of drug-likeness (QED) is 0.902. The van der Waals surface area contributed by atoms with Crippen LogP contribution in [0.2, 0.25) is 0 Å². The second-order valence-electron chi connectivity index (χ2n) is 4.14. The van der Waals surface area contributed by atoms with E-state index in [9.17, 15) is 0 Å². The Morgan fingerprint density at radius 1 is 1.16 bits per heavy atom. The third kappa shape index (κ3) is 2.88. The lowest BCUT2D eigenvalue weighted by molar-refractivity contribution is 1.27. The van der Waals surface area contributed by atoms with Crippen molar-refractivity contribution in [2.45, 2.75) is 13.8 Å². The van der Waals surface area contributed by atoms with Crippen molar-refractivity contribution in [3.05, 3.63) is 54.0 Å². The Morgan fingerprint density at radius 2 is 1.95 bits per heavy atom. The van der Waals surface area contributed by atoms with Gasteiger partial charge in [-0.05, 0) is 32.1 Å². The maximum atomic E-state index is 6.05. The lowest BCUT2D eigenvalue weighted by atomic mass is 10.0. The van der Waals surface area contributed by atoms with E-state index < -0.39 is 0 Å². The summed E-state index contributed by atoms with van der Waals surface area (Å²) < 4.78 is 0. The maximum Gasteiger partial charge on any atom is 0.132 e. The second-order valence-corrected chi connectivity index (χ2v) is 4.14. The Hall–Kier alpha value is -2.42. The van der Waals surface area contributed by atoms with E-state index in [-0.39, 0.29) is 0 Å². The van der Waals surface area contributed by atoms with Gasteiger partial charge in [-0.1, -0.05) is 24.3 Å². The monoisotopic (exact) mass is 251 g/mol. The second kappa shape index (κ2) is 5.96. The third-order valence-corrected chi connectivity index (χ3v) is 2.76. The number of anilines is 1. The van der Waals surface area contributed by atoms with E-state index in [4.69, 9.17) is 5.73 Å². The number of allylic oxidation sites excluding steroid dienone is 2. The molecule has 2 aromatic rings. The molecule has 19 heavy (non-hydrogen) atoms. The maximum absolute atomic E-state index is 6.05. The van der Waals surface area contributed by atoms with Gasteiger partial charge in [0.05, 0.1) is 5.69 Å². The van der Waals surface area contributed by atoms with Crippen LogP contribution in [0.4, 0.5) is 5.82 Å². The Bertz CT molecular complexity index is 613. The summed E-state index contributed by atoms with van der Waals surface area (Å²) in [5.74, 6) is 0.523. The summed E-state index contributed by atoms with van der Waals surface area (Å²) in [6.07, 6.45) is 11.5. The molecule has 2 aromatic heterocycles. The normalized spacial score (nSPS) is 11.5. The van der Waals surface area contributed by atoms with Gasteiger partial charge in [0.1, 0.15) is 5.82 Å². The van der Waals surface area contributed by atoms with Crippen molar-refractivity contribution in [2.75, 3.05) is 5.73 Å². The van der Waals surface area contributed by atoms with Crippen molar-refractivity contribution < 1.29 is 0 Å². The number of nitrogens with two attached hydrogens (primary N) is 1. The Balaban J connectivity index is 2.61. The zero-order valence-electron chi connectivity index (χ0n) is 11.2. The summed E-state index contributed by atoms with van der Waals surface area (Å²) in [5.41, 5.74) is 9.87. The van der Waals surface area contributed by atoms with E-state index in [1.807, 2.05) is 50.3 Å². The fourth-order valence-electron chi connectivity index (χ4n) is 1.92. The van der Waals surface area contributed by atoms with Crippen molar-refractivity contribution in [1.82, 2.24) is 9.97 Å². The highest BCUT2D eigenvalue weighted by Gasteiger charge is 2.08. The van der Waals surface area contributed by atoms with Crippen LogP contribution in [0.5, 0.6) is 0 Å². The van der Waals surface area contributed by atoms with Crippen molar-refractivity contribution in [2.24, 2.45) is 0 Å². The minimum Gasteiger partial charge on any atom is -0.383 e. The van der Waals surface area contributed by atoms with Gasteiger partial charge in [-0.3, -0.25) is 4.98 Å². The molecule has 0 radical (unpaired) electrons. The van der Waals surface area contributed by atoms with Crippen LogP contribution in [0.15, 0.2) is 42.7 Å². The number of pyridine rings is 2. The van der Waals surface area contributed by atoms with Gasteiger partial charge < -0.3 is 5.73 Å². The number of hydrogen-bond acceptors (Lipinski definition) is 3. The van der Waals surface area contributed by atoms with Crippen LogP contribution in [0.1, 0.15) is 25.1 Å². The van der Waals surface area contributed by atoms with Gasteiger partial charge in [0.25, 0.3) is 0 Å². The molecule has 0 aliphatic carbocycles. The molecule has 0 spiro atoms. The summed E-state index contributed by atoms with van der Waals surface area (Å²) in [7, 11) is 0. The van der Waals surface area contributed by atoms with E-state index in [1.165, 1.54) is 0 Å². The standard InChI is InChI=1S/C16H17N3/c1-3-6-12-10-14(13-8-5-9-18-11-13)16(17)19-15(12)7-4-2/h3-11H,1-2H3,(H2,17,19)/b6-3-,7-4-. The summed E-state index contributed by atoms with van der Waals surface area (Å²) in [6, 6.07) is 5.92. The summed E-state index contributed by atoms with van der Waals surface area (Å²) in [5, 5.41) is 0. The van der Waals surface area contributed by atoms with E-state index in [2.05, 4.69) is 16.0 Å². The van der Waals surface area contributed by atoms with Gasteiger partial charge in [-0.2, -0.15) is 0 Å². The third-order valence-electron chi connectivity index (χ3n) is 2.76. The van der Waals surface area contributed by atoms with Crippen LogP contribution in [0.25, 0.3) is 23.3 Å². The van der Waals surface area contributed by atoms with Crippen LogP contribution in [0.3, 0.4) is 0 Å². The van der Waals surface area contributed by atoms with Crippen LogP contribution in [-0.4, -0.2) is 9.97 Å². The molecule has 0 unspecified atom stereocenters. The first kappa shape index (κ1) is 13.0. The molecule has 0 saturated heterocycles. The molecule has 2 heterocycles. The van der Waals surface area contributed by atoms with E-state index in [0.29, 0.717) is 5.82 Å². The van der Waals surface area contributed by atoms with Gasteiger partial charge in [-0.15, -0.1) is 0 Å². The molecule has 0 bridgehead atoms. The van der Waals surface area contributed by atoms with E-state index >= 15 is 0 Å². The van der Waals surface area contributed by atoms with Gasteiger partial charge in [-0.25, -0.2) is 4.98 Å². The predicted octanol–water partition coefficient (Wildman–Crippen LogP) is 3.79. The molecule has 0 amide bonds. The predicted molar refractivity (Wildman–Crippen MR) is 81.3 cm³/mol. The van der Waals surface area contributed by atoms with Crippen LogP contribution >= 0.6 is 0 Å². The number of rotatable bonds is 3. The lowest BCUT2D eigenvalue weighted by Gasteiger charge is -2.09.